The van der Waals surface area contributed by atoms with Crippen LogP contribution in [0.15, 0.2) is 12.2 Å². The van der Waals surface area contributed by atoms with Crippen molar-refractivity contribution in [2.24, 2.45) is 5.92 Å². The second kappa shape index (κ2) is 3.97. The van der Waals surface area contributed by atoms with E-state index in [2.05, 4.69) is 17.1 Å². The molecule has 1 aliphatic heterocycles. The number of hydrogen-bond donors (Lipinski definition) is 1. The number of likely N-dealkylation sites (tertiary alicyclic amines) is 1. The van der Waals surface area contributed by atoms with E-state index in [9.17, 15) is 9.90 Å². The molecule has 1 saturated heterocycles. The van der Waals surface area contributed by atoms with Crippen LogP contribution in [0.3, 0.4) is 0 Å². The maximum Gasteiger partial charge on any atom is 0.323 e. The standard InChI is InChI=1S/C12H19NO2/c1-12(11(14)15)7-3-9-13(12)8-2-4-10-5-6-10/h2,4,10H,3,5-9H2,1H3,(H,14,15)/t12-/m0/s1. The van der Waals surface area contributed by atoms with Crippen LogP contribution in [-0.2, 0) is 4.79 Å². The highest BCUT2D eigenvalue weighted by atomic mass is 16.4. The number of carboxylic acids is 1. The van der Waals surface area contributed by atoms with E-state index >= 15 is 0 Å². The minimum atomic E-state index is -0.681. The molecule has 0 aromatic heterocycles. The molecule has 1 saturated carbocycles. The van der Waals surface area contributed by atoms with Gasteiger partial charge in [-0.25, -0.2) is 0 Å². The number of nitrogens with zero attached hydrogens (tertiary/aromatic N) is 1. The van der Waals surface area contributed by atoms with Crippen molar-refractivity contribution >= 4 is 5.97 Å². The molecule has 0 radical (unpaired) electrons. The smallest absolute Gasteiger partial charge is 0.323 e. The third-order valence-electron chi connectivity index (χ3n) is 3.61. The minimum Gasteiger partial charge on any atom is -0.480 e. The summed E-state index contributed by atoms with van der Waals surface area (Å²) in [6, 6.07) is 0. The van der Waals surface area contributed by atoms with Gasteiger partial charge in [-0.2, -0.15) is 0 Å². The average Bonchev–Trinajstić information content (AvgIpc) is 2.92. The van der Waals surface area contributed by atoms with Gasteiger partial charge in [-0.15, -0.1) is 0 Å². The predicted octanol–water partition coefficient (Wildman–Crippen LogP) is 1.89. The second-order valence-corrected chi connectivity index (χ2v) is 4.89. The Morgan fingerprint density at radius 1 is 1.60 bits per heavy atom. The van der Waals surface area contributed by atoms with Crippen LogP contribution in [0.4, 0.5) is 0 Å². The van der Waals surface area contributed by atoms with Gasteiger partial charge < -0.3 is 5.11 Å². The van der Waals surface area contributed by atoms with Gasteiger partial charge in [-0.3, -0.25) is 9.69 Å². The fraction of sp³-hybridized carbons (Fsp3) is 0.750. The van der Waals surface area contributed by atoms with Crippen molar-refractivity contribution in [2.45, 2.75) is 38.1 Å². The van der Waals surface area contributed by atoms with Gasteiger partial charge in [-0.1, -0.05) is 12.2 Å². The zero-order valence-corrected chi connectivity index (χ0v) is 9.28. The van der Waals surface area contributed by atoms with E-state index in [1.165, 1.54) is 12.8 Å². The van der Waals surface area contributed by atoms with E-state index in [-0.39, 0.29) is 0 Å². The van der Waals surface area contributed by atoms with Gasteiger partial charge in [0.2, 0.25) is 0 Å². The molecule has 1 aliphatic carbocycles. The lowest BCUT2D eigenvalue weighted by molar-refractivity contribution is -0.148. The first-order chi connectivity index (χ1) is 7.13. The first-order valence-corrected chi connectivity index (χ1v) is 5.78. The fourth-order valence-corrected chi connectivity index (χ4v) is 2.22. The largest absolute Gasteiger partial charge is 0.480 e. The summed E-state index contributed by atoms with van der Waals surface area (Å²) < 4.78 is 0. The molecule has 1 atom stereocenters. The minimum absolute atomic E-state index is 0.631. The van der Waals surface area contributed by atoms with Gasteiger partial charge in [0.15, 0.2) is 0 Å². The van der Waals surface area contributed by atoms with Gasteiger partial charge in [0.05, 0.1) is 0 Å². The molecule has 3 nitrogen and oxygen atoms in total. The summed E-state index contributed by atoms with van der Waals surface area (Å²) in [7, 11) is 0. The van der Waals surface area contributed by atoms with Crippen LogP contribution in [0.1, 0.15) is 32.6 Å². The third-order valence-corrected chi connectivity index (χ3v) is 3.61. The summed E-state index contributed by atoms with van der Waals surface area (Å²) in [6.07, 6.45) is 8.78. The third kappa shape index (κ3) is 2.23. The van der Waals surface area contributed by atoms with E-state index in [1.54, 1.807) is 0 Å². The number of carboxylic acid groups (broad SMARTS) is 1. The normalized spacial score (nSPS) is 32.6. The fourth-order valence-electron chi connectivity index (χ4n) is 2.22. The molecule has 0 spiro atoms. The predicted molar refractivity (Wildman–Crippen MR) is 58.7 cm³/mol. The highest BCUT2D eigenvalue weighted by Crippen LogP contribution is 2.31. The van der Waals surface area contributed by atoms with E-state index in [0.29, 0.717) is 0 Å². The first kappa shape index (κ1) is 10.7. The average molecular weight is 209 g/mol. The van der Waals surface area contributed by atoms with E-state index in [0.717, 1.165) is 31.8 Å². The molecule has 15 heavy (non-hydrogen) atoms. The van der Waals surface area contributed by atoms with E-state index in [4.69, 9.17) is 0 Å². The van der Waals surface area contributed by atoms with Crippen molar-refractivity contribution in [1.82, 2.24) is 4.90 Å². The van der Waals surface area contributed by atoms with Gasteiger partial charge in [-0.05, 0) is 45.1 Å². The Kier molecular flexibility index (Phi) is 2.83. The molecule has 84 valence electrons. The lowest BCUT2D eigenvalue weighted by Gasteiger charge is -2.30. The zero-order chi connectivity index (χ0) is 10.9. The van der Waals surface area contributed by atoms with Crippen LogP contribution in [0.25, 0.3) is 0 Å². The van der Waals surface area contributed by atoms with Crippen LogP contribution < -0.4 is 0 Å². The first-order valence-electron chi connectivity index (χ1n) is 5.78. The van der Waals surface area contributed by atoms with Crippen LogP contribution >= 0.6 is 0 Å². The molecule has 1 heterocycles. The second-order valence-electron chi connectivity index (χ2n) is 4.89. The molecule has 0 bridgehead atoms. The summed E-state index contributed by atoms with van der Waals surface area (Å²) >= 11 is 0. The lowest BCUT2D eigenvalue weighted by Crippen LogP contribution is -2.47. The molecule has 0 aromatic rings. The Balaban J connectivity index is 1.92. The van der Waals surface area contributed by atoms with Crippen molar-refractivity contribution < 1.29 is 9.90 Å². The summed E-state index contributed by atoms with van der Waals surface area (Å²) in [6.45, 7) is 3.55. The summed E-state index contributed by atoms with van der Waals surface area (Å²) in [5.41, 5.74) is -0.631. The van der Waals surface area contributed by atoms with Crippen molar-refractivity contribution in [3.63, 3.8) is 0 Å². The van der Waals surface area contributed by atoms with Crippen LogP contribution in [0, 0.1) is 5.92 Å². The molecular weight excluding hydrogens is 190 g/mol. The molecular formula is C12H19NO2. The van der Waals surface area contributed by atoms with E-state index in [1.807, 2.05) is 6.92 Å². The molecule has 0 amide bonds. The monoisotopic (exact) mass is 209 g/mol. The molecule has 2 rings (SSSR count). The van der Waals surface area contributed by atoms with Crippen molar-refractivity contribution in [3.8, 4) is 0 Å². The van der Waals surface area contributed by atoms with Crippen LogP contribution in [0.2, 0.25) is 0 Å². The molecule has 0 unspecified atom stereocenters. The number of carbonyl (C=O) groups is 1. The zero-order valence-electron chi connectivity index (χ0n) is 9.28. The highest BCUT2D eigenvalue weighted by molar-refractivity contribution is 5.78. The van der Waals surface area contributed by atoms with Gasteiger partial charge in [0.1, 0.15) is 5.54 Å². The Bertz CT molecular complexity index is 283. The van der Waals surface area contributed by atoms with Crippen LogP contribution in [0.5, 0.6) is 0 Å². The highest BCUT2D eigenvalue weighted by Gasteiger charge is 2.42. The number of aliphatic carboxylic acids is 1. The summed E-state index contributed by atoms with van der Waals surface area (Å²) in [5, 5.41) is 9.20. The Hall–Kier alpha value is -0.830. The molecule has 2 fully saturated rings. The van der Waals surface area contributed by atoms with Crippen molar-refractivity contribution in [3.05, 3.63) is 12.2 Å². The maximum atomic E-state index is 11.2. The Morgan fingerprint density at radius 2 is 2.33 bits per heavy atom. The van der Waals surface area contributed by atoms with Crippen molar-refractivity contribution in [1.29, 1.82) is 0 Å². The maximum absolute atomic E-state index is 11.2. The Morgan fingerprint density at radius 3 is 2.93 bits per heavy atom. The quantitative estimate of drug-likeness (QED) is 0.719. The number of rotatable bonds is 4. The SMILES string of the molecule is C[C@@]1(C(=O)O)CCCN1CC=CC1CC1. The molecule has 2 aliphatic rings. The van der Waals surface area contributed by atoms with Crippen LogP contribution in [-0.4, -0.2) is 34.6 Å². The molecule has 0 aromatic carbocycles. The number of allylic oxidation sites excluding steroid dienone is 1. The van der Waals surface area contributed by atoms with Gasteiger partial charge >= 0.3 is 5.97 Å². The Labute approximate surface area is 90.8 Å². The van der Waals surface area contributed by atoms with E-state index < -0.39 is 11.5 Å². The summed E-state index contributed by atoms with van der Waals surface area (Å²) in [4.78, 5) is 13.3. The topological polar surface area (TPSA) is 40.5 Å². The number of hydrogen-bond acceptors (Lipinski definition) is 2. The molecule has 3 heteroatoms. The lowest BCUT2D eigenvalue weighted by atomic mass is 9.99. The van der Waals surface area contributed by atoms with Crippen molar-refractivity contribution in [2.75, 3.05) is 13.1 Å². The van der Waals surface area contributed by atoms with Gasteiger partial charge in [0.25, 0.3) is 0 Å². The van der Waals surface area contributed by atoms with Gasteiger partial charge in [0, 0.05) is 6.54 Å². The molecule has 1 N–H and O–H groups in total. The summed E-state index contributed by atoms with van der Waals surface area (Å²) in [5.74, 6) is 0.100.